The Balaban J connectivity index is 5.92. The molecule has 0 aliphatic rings. The first kappa shape index (κ1) is 24.8. The molecular formula is C16H27O9P. The van der Waals surface area contributed by atoms with Crippen molar-refractivity contribution in [1.82, 2.24) is 0 Å². The van der Waals surface area contributed by atoms with Crippen molar-refractivity contribution in [3.63, 3.8) is 0 Å². The van der Waals surface area contributed by atoms with Gasteiger partial charge in [-0.15, -0.1) is 0 Å². The molecule has 0 aromatic rings. The van der Waals surface area contributed by atoms with Crippen molar-refractivity contribution in [3.8, 4) is 0 Å². The van der Waals surface area contributed by atoms with Crippen LogP contribution < -0.4 is 0 Å². The molecule has 150 valence electrons. The van der Waals surface area contributed by atoms with Crippen LogP contribution in [0.25, 0.3) is 0 Å². The summed E-state index contributed by atoms with van der Waals surface area (Å²) in [7, 11) is 0.353. The van der Waals surface area contributed by atoms with Crippen molar-refractivity contribution in [3.05, 3.63) is 24.3 Å². The van der Waals surface area contributed by atoms with E-state index < -0.39 is 44.2 Å². The first-order valence-corrected chi connectivity index (χ1v) is 9.02. The molecule has 0 bridgehead atoms. The Bertz CT molecular complexity index is 582. The van der Waals surface area contributed by atoms with Gasteiger partial charge in [0.15, 0.2) is 11.6 Å². The van der Waals surface area contributed by atoms with Crippen LogP contribution in [0, 0.1) is 0 Å². The zero-order valence-corrected chi connectivity index (χ0v) is 16.9. The van der Waals surface area contributed by atoms with Crippen LogP contribution in [0.15, 0.2) is 24.3 Å². The number of carbonyl (C=O) groups excluding carboxylic acids is 2. The molecule has 0 amide bonds. The Morgan fingerprint density at radius 1 is 0.962 bits per heavy atom. The van der Waals surface area contributed by atoms with Crippen LogP contribution in [0.2, 0.25) is 0 Å². The number of ketones is 2. The molecule has 0 aromatic heterocycles. The summed E-state index contributed by atoms with van der Waals surface area (Å²) < 4.78 is 44.5. The van der Waals surface area contributed by atoms with Crippen molar-refractivity contribution < 1.29 is 42.1 Å². The molecule has 2 unspecified atom stereocenters. The van der Waals surface area contributed by atoms with Crippen molar-refractivity contribution in [2.24, 2.45) is 0 Å². The maximum Gasteiger partial charge on any atom is 0.395 e. The molecular weight excluding hydrogens is 367 g/mol. The van der Waals surface area contributed by atoms with E-state index in [0.29, 0.717) is 0 Å². The zero-order chi connectivity index (χ0) is 20.5. The standard InChI is InChI=1S/C16H27O9P/c1-11(2)13(17)9-24-16(22-7,15(20-5)21-6)26(19,23-8)25-10-14(18)12(3)4/h15H,1,3,9-10H2,2,4-8H3. The lowest BCUT2D eigenvalue weighted by atomic mass is 10.2. The Kier molecular flexibility index (Phi) is 10.3. The average Bonchev–Trinajstić information content (AvgIpc) is 2.62. The van der Waals surface area contributed by atoms with Crippen molar-refractivity contribution >= 4 is 19.2 Å². The predicted octanol–water partition coefficient (Wildman–Crippen LogP) is 2.07. The van der Waals surface area contributed by atoms with Crippen LogP contribution in [0.4, 0.5) is 0 Å². The van der Waals surface area contributed by atoms with Crippen LogP contribution in [0.5, 0.6) is 0 Å². The Morgan fingerprint density at radius 2 is 1.42 bits per heavy atom. The van der Waals surface area contributed by atoms with Crippen LogP contribution in [-0.4, -0.2) is 65.0 Å². The van der Waals surface area contributed by atoms with Crippen LogP contribution in [0.3, 0.4) is 0 Å². The molecule has 10 heteroatoms. The minimum Gasteiger partial charge on any atom is -0.351 e. The molecule has 9 nitrogen and oxygen atoms in total. The van der Waals surface area contributed by atoms with Gasteiger partial charge < -0.3 is 23.5 Å². The van der Waals surface area contributed by atoms with E-state index in [-0.39, 0.29) is 11.1 Å². The quantitative estimate of drug-likeness (QED) is 0.249. The monoisotopic (exact) mass is 394 g/mol. The van der Waals surface area contributed by atoms with Crippen LogP contribution in [0.1, 0.15) is 13.8 Å². The van der Waals surface area contributed by atoms with E-state index >= 15 is 0 Å². The second-order valence-corrected chi connectivity index (χ2v) is 7.53. The zero-order valence-electron chi connectivity index (χ0n) is 16.0. The topological polar surface area (TPSA) is 107 Å². The summed E-state index contributed by atoms with van der Waals surface area (Å²) in [5.41, 5.74) is -1.86. The normalized spacial score (nSPS) is 16.0. The summed E-state index contributed by atoms with van der Waals surface area (Å²) in [5.74, 6) is -0.977. The molecule has 0 aliphatic heterocycles. The van der Waals surface area contributed by atoms with E-state index in [1.165, 1.54) is 28.1 Å². The SMILES string of the molecule is C=C(C)C(=O)COC(OC)(C(OC)OC)P(=O)(OC)OCC(=O)C(=C)C. The third-order valence-corrected chi connectivity index (χ3v) is 5.60. The molecule has 0 heterocycles. The van der Waals surface area contributed by atoms with Gasteiger partial charge in [0.25, 0.3) is 0 Å². The van der Waals surface area contributed by atoms with Gasteiger partial charge in [0.2, 0.25) is 6.29 Å². The molecule has 0 aliphatic carbocycles. The fourth-order valence-corrected chi connectivity index (χ4v) is 3.51. The lowest BCUT2D eigenvalue weighted by Gasteiger charge is -2.39. The lowest BCUT2D eigenvalue weighted by Crippen LogP contribution is -2.50. The number of Topliss-reactive ketones (excluding diaryl/α,β-unsaturated/α-hetero) is 2. The van der Waals surface area contributed by atoms with Crippen LogP contribution >= 0.6 is 7.60 Å². The van der Waals surface area contributed by atoms with Gasteiger partial charge in [-0.1, -0.05) is 13.2 Å². The second kappa shape index (κ2) is 10.8. The number of hydrogen-bond acceptors (Lipinski definition) is 9. The van der Waals surface area contributed by atoms with Gasteiger partial charge in [-0.3, -0.25) is 18.7 Å². The third-order valence-electron chi connectivity index (χ3n) is 3.37. The summed E-state index contributed by atoms with van der Waals surface area (Å²) in [6.07, 6.45) is -1.41. The largest absolute Gasteiger partial charge is 0.395 e. The molecule has 0 saturated carbocycles. The minimum absolute atomic E-state index is 0.198. The summed E-state index contributed by atoms with van der Waals surface area (Å²) in [5, 5.41) is 0. The summed E-state index contributed by atoms with van der Waals surface area (Å²) in [4.78, 5) is 23.7. The predicted molar refractivity (Wildman–Crippen MR) is 93.7 cm³/mol. The minimum atomic E-state index is -4.35. The number of carbonyl (C=O) groups is 2. The second-order valence-electron chi connectivity index (χ2n) is 5.29. The van der Waals surface area contributed by atoms with Gasteiger partial charge >= 0.3 is 13.1 Å². The van der Waals surface area contributed by atoms with Crippen molar-refractivity contribution in [2.45, 2.75) is 25.7 Å². The fourth-order valence-electron chi connectivity index (χ4n) is 1.77. The maximum atomic E-state index is 13.3. The summed E-state index contributed by atoms with van der Waals surface area (Å²) in [6.45, 7) is 8.79. The third kappa shape index (κ3) is 5.65. The highest BCUT2D eigenvalue weighted by Gasteiger charge is 2.60. The molecule has 0 N–H and O–H groups in total. The number of ether oxygens (including phenoxy) is 4. The highest BCUT2D eigenvalue weighted by atomic mass is 31.2. The Hall–Kier alpha value is -1.19. The highest BCUT2D eigenvalue weighted by Crippen LogP contribution is 2.62. The van der Waals surface area contributed by atoms with Gasteiger partial charge in [-0.2, -0.15) is 0 Å². The van der Waals surface area contributed by atoms with Crippen LogP contribution in [-0.2, 0) is 42.1 Å². The maximum absolute atomic E-state index is 13.3. The van der Waals surface area contributed by atoms with Gasteiger partial charge in [0.1, 0.15) is 13.2 Å². The highest BCUT2D eigenvalue weighted by molar-refractivity contribution is 7.55. The smallest absolute Gasteiger partial charge is 0.351 e. The molecule has 0 spiro atoms. The fraction of sp³-hybridized carbons (Fsp3) is 0.625. The summed E-state index contributed by atoms with van der Waals surface area (Å²) in [6, 6.07) is 0. The van der Waals surface area contributed by atoms with Gasteiger partial charge in [-0.25, -0.2) is 0 Å². The molecule has 0 radical (unpaired) electrons. The van der Waals surface area contributed by atoms with Gasteiger partial charge in [0, 0.05) is 28.4 Å². The van der Waals surface area contributed by atoms with Gasteiger partial charge in [0.05, 0.1) is 0 Å². The molecule has 2 atom stereocenters. The summed E-state index contributed by atoms with van der Waals surface area (Å²) >= 11 is 0. The Labute approximate surface area is 153 Å². The van der Waals surface area contributed by atoms with E-state index in [9.17, 15) is 14.2 Å². The van der Waals surface area contributed by atoms with E-state index in [1.807, 2.05) is 0 Å². The van der Waals surface area contributed by atoms with Gasteiger partial charge in [-0.05, 0) is 25.0 Å². The van der Waals surface area contributed by atoms with E-state index in [1.54, 1.807) is 0 Å². The number of hydrogen-bond donors (Lipinski definition) is 0. The average molecular weight is 394 g/mol. The molecule has 0 saturated heterocycles. The molecule has 0 fully saturated rings. The van der Waals surface area contributed by atoms with Crippen molar-refractivity contribution in [2.75, 3.05) is 41.7 Å². The molecule has 0 rings (SSSR count). The van der Waals surface area contributed by atoms with E-state index in [2.05, 4.69) is 13.2 Å². The number of rotatable bonds is 14. The Morgan fingerprint density at radius 3 is 1.77 bits per heavy atom. The van der Waals surface area contributed by atoms with Crippen molar-refractivity contribution in [1.29, 1.82) is 0 Å². The first-order valence-electron chi connectivity index (χ1n) is 7.47. The van der Waals surface area contributed by atoms with E-state index in [0.717, 1.165) is 14.2 Å². The molecule has 0 aromatic carbocycles. The molecule has 26 heavy (non-hydrogen) atoms. The van der Waals surface area contributed by atoms with E-state index in [4.69, 9.17) is 28.0 Å². The number of methoxy groups -OCH3 is 3. The first-order chi connectivity index (χ1) is 12.0. The lowest BCUT2D eigenvalue weighted by molar-refractivity contribution is -0.295.